The lowest BCUT2D eigenvalue weighted by Crippen LogP contribution is -2.33. The second kappa shape index (κ2) is 6.39. The number of aliphatic hydroxyl groups is 1. The summed E-state index contributed by atoms with van der Waals surface area (Å²) in [5, 5.41) is 10.5. The highest BCUT2D eigenvalue weighted by atomic mass is 32.2. The van der Waals surface area contributed by atoms with Gasteiger partial charge in [-0.15, -0.1) is 11.3 Å². The van der Waals surface area contributed by atoms with Crippen molar-refractivity contribution in [3.63, 3.8) is 0 Å². The van der Waals surface area contributed by atoms with E-state index in [4.69, 9.17) is 5.11 Å². The molecule has 1 aliphatic heterocycles. The zero-order valence-corrected chi connectivity index (χ0v) is 12.5. The molecule has 0 atom stereocenters. The Kier molecular flexibility index (Phi) is 4.81. The van der Waals surface area contributed by atoms with Crippen LogP contribution in [0.4, 0.5) is 0 Å². The standard InChI is InChI=1S/C13H15NO4S2/c15-7-1-3-11-4-8-19-12(11)13(16)14-5-2-9-20(17,18)10-6-14/h4,8,15H,2,5-7,9-10H2. The molecule has 20 heavy (non-hydrogen) atoms. The van der Waals surface area contributed by atoms with Gasteiger partial charge < -0.3 is 10.0 Å². The monoisotopic (exact) mass is 313 g/mol. The molecule has 0 radical (unpaired) electrons. The van der Waals surface area contributed by atoms with Crippen LogP contribution >= 0.6 is 11.3 Å². The number of amides is 1. The molecular weight excluding hydrogens is 298 g/mol. The predicted molar refractivity (Wildman–Crippen MR) is 77.5 cm³/mol. The van der Waals surface area contributed by atoms with Gasteiger partial charge in [0.05, 0.1) is 11.5 Å². The summed E-state index contributed by atoms with van der Waals surface area (Å²) in [6, 6.07) is 1.73. The predicted octanol–water partition coefficient (Wildman–Crippen LogP) is 0.353. The van der Waals surface area contributed by atoms with E-state index in [0.29, 0.717) is 23.4 Å². The first-order valence-electron chi connectivity index (χ1n) is 6.20. The molecule has 0 saturated carbocycles. The number of rotatable bonds is 1. The van der Waals surface area contributed by atoms with Gasteiger partial charge >= 0.3 is 0 Å². The number of aliphatic hydroxyl groups excluding tert-OH is 1. The quantitative estimate of drug-likeness (QED) is 0.759. The summed E-state index contributed by atoms with van der Waals surface area (Å²) in [6.07, 6.45) is 0.469. The van der Waals surface area contributed by atoms with Crippen molar-refractivity contribution in [1.82, 2.24) is 4.90 Å². The molecule has 1 fully saturated rings. The van der Waals surface area contributed by atoms with Gasteiger partial charge in [0.1, 0.15) is 11.5 Å². The van der Waals surface area contributed by atoms with Crippen molar-refractivity contribution in [1.29, 1.82) is 0 Å². The fraction of sp³-hybridized carbons (Fsp3) is 0.462. The van der Waals surface area contributed by atoms with Gasteiger partial charge in [-0.2, -0.15) is 0 Å². The molecular formula is C13H15NO4S2. The van der Waals surface area contributed by atoms with E-state index >= 15 is 0 Å². The molecule has 1 aromatic rings. The van der Waals surface area contributed by atoms with Crippen LogP contribution in [0, 0.1) is 11.8 Å². The number of carbonyl (C=O) groups excluding carboxylic acids is 1. The minimum Gasteiger partial charge on any atom is -0.384 e. The Morgan fingerprint density at radius 3 is 2.95 bits per heavy atom. The number of nitrogens with zero attached hydrogens (tertiary/aromatic N) is 1. The SMILES string of the molecule is O=C(c1sccc1C#CCO)N1CCCS(=O)(=O)CC1. The maximum atomic E-state index is 12.4. The van der Waals surface area contributed by atoms with Crippen LogP contribution in [-0.2, 0) is 9.84 Å². The minimum atomic E-state index is -3.03. The van der Waals surface area contributed by atoms with Gasteiger partial charge in [0.15, 0.2) is 9.84 Å². The Balaban J connectivity index is 2.17. The number of thiophene rings is 1. The van der Waals surface area contributed by atoms with E-state index in [9.17, 15) is 13.2 Å². The maximum Gasteiger partial charge on any atom is 0.265 e. The summed E-state index contributed by atoms with van der Waals surface area (Å²) in [7, 11) is -3.03. The van der Waals surface area contributed by atoms with Crippen LogP contribution in [0.1, 0.15) is 21.7 Å². The minimum absolute atomic E-state index is 0.0156. The van der Waals surface area contributed by atoms with Crippen LogP contribution in [0.15, 0.2) is 11.4 Å². The lowest BCUT2D eigenvalue weighted by Gasteiger charge is -2.19. The van der Waals surface area contributed by atoms with E-state index in [2.05, 4.69) is 11.8 Å². The smallest absolute Gasteiger partial charge is 0.265 e. The molecule has 1 N–H and O–H groups in total. The molecule has 1 aromatic heterocycles. The van der Waals surface area contributed by atoms with Crippen molar-refractivity contribution in [3.05, 3.63) is 21.9 Å². The van der Waals surface area contributed by atoms with Crippen molar-refractivity contribution < 1.29 is 18.3 Å². The zero-order valence-electron chi connectivity index (χ0n) is 10.8. The van der Waals surface area contributed by atoms with Gasteiger partial charge in [-0.25, -0.2) is 8.42 Å². The van der Waals surface area contributed by atoms with E-state index in [1.165, 1.54) is 11.3 Å². The summed E-state index contributed by atoms with van der Waals surface area (Å²) in [4.78, 5) is 14.5. The summed E-state index contributed by atoms with van der Waals surface area (Å²) in [5.74, 6) is 5.23. The zero-order chi connectivity index (χ0) is 14.6. The van der Waals surface area contributed by atoms with E-state index < -0.39 is 9.84 Å². The molecule has 108 valence electrons. The van der Waals surface area contributed by atoms with Crippen LogP contribution in [0.25, 0.3) is 0 Å². The second-order valence-corrected chi connectivity index (χ2v) is 7.64. The van der Waals surface area contributed by atoms with Gasteiger partial charge in [0.2, 0.25) is 0 Å². The van der Waals surface area contributed by atoms with Crippen LogP contribution in [-0.4, -0.2) is 55.5 Å². The number of sulfone groups is 1. The second-order valence-electron chi connectivity index (χ2n) is 4.42. The van der Waals surface area contributed by atoms with Gasteiger partial charge in [0, 0.05) is 18.7 Å². The largest absolute Gasteiger partial charge is 0.384 e. The molecule has 0 unspecified atom stereocenters. The molecule has 1 amide bonds. The lowest BCUT2D eigenvalue weighted by molar-refractivity contribution is 0.0773. The van der Waals surface area contributed by atoms with Crippen LogP contribution in [0.5, 0.6) is 0 Å². The van der Waals surface area contributed by atoms with Gasteiger partial charge in [0.25, 0.3) is 5.91 Å². The summed E-state index contributed by atoms with van der Waals surface area (Å²) >= 11 is 1.28. The first-order valence-corrected chi connectivity index (χ1v) is 8.90. The topological polar surface area (TPSA) is 74.7 Å². The maximum absolute atomic E-state index is 12.4. The average molecular weight is 313 g/mol. The van der Waals surface area contributed by atoms with Gasteiger partial charge in [-0.05, 0) is 17.9 Å². The Labute approximate surface area is 122 Å². The third-order valence-corrected chi connectivity index (χ3v) is 5.62. The summed E-state index contributed by atoms with van der Waals surface area (Å²) < 4.78 is 23.1. The van der Waals surface area contributed by atoms with Crippen molar-refractivity contribution in [2.45, 2.75) is 6.42 Å². The molecule has 5 nitrogen and oxygen atoms in total. The Morgan fingerprint density at radius 2 is 2.20 bits per heavy atom. The van der Waals surface area contributed by atoms with Crippen molar-refractivity contribution in [2.24, 2.45) is 0 Å². The van der Waals surface area contributed by atoms with Crippen molar-refractivity contribution in [2.75, 3.05) is 31.2 Å². The first kappa shape index (κ1) is 15.0. The van der Waals surface area contributed by atoms with Crippen LogP contribution < -0.4 is 0 Å². The van der Waals surface area contributed by atoms with E-state index in [1.54, 1.807) is 16.3 Å². The Morgan fingerprint density at radius 1 is 1.40 bits per heavy atom. The number of hydrogen-bond acceptors (Lipinski definition) is 5. The molecule has 0 bridgehead atoms. The van der Waals surface area contributed by atoms with Gasteiger partial charge in [-0.1, -0.05) is 11.8 Å². The van der Waals surface area contributed by atoms with Crippen molar-refractivity contribution in [3.8, 4) is 11.8 Å². The average Bonchev–Trinajstić information content (AvgIpc) is 2.79. The molecule has 2 heterocycles. The molecule has 0 spiro atoms. The highest BCUT2D eigenvalue weighted by molar-refractivity contribution is 7.91. The molecule has 2 rings (SSSR count). The van der Waals surface area contributed by atoms with E-state index in [0.717, 1.165) is 0 Å². The first-order chi connectivity index (χ1) is 9.53. The highest BCUT2D eigenvalue weighted by Crippen LogP contribution is 2.19. The Hall–Kier alpha value is -1.36. The van der Waals surface area contributed by atoms with E-state index in [-0.39, 0.29) is 30.6 Å². The molecule has 7 heteroatoms. The fourth-order valence-corrected chi connectivity index (χ4v) is 4.08. The number of hydrogen-bond donors (Lipinski definition) is 1. The number of carbonyl (C=O) groups is 1. The normalized spacial score (nSPS) is 17.9. The summed E-state index contributed by atoms with van der Waals surface area (Å²) in [6.45, 7) is 0.417. The molecule has 0 aromatic carbocycles. The molecule has 1 saturated heterocycles. The molecule has 1 aliphatic rings. The fourth-order valence-electron chi connectivity index (χ4n) is 1.99. The van der Waals surface area contributed by atoms with Crippen molar-refractivity contribution >= 4 is 27.1 Å². The highest BCUT2D eigenvalue weighted by Gasteiger charge is 2.25. The Bertz CT molecular complexity index is 651. The lowest BCUT2D eigenvalue weighted by atomic mass is 10.2. The third-order valence-electron chi connectivity index (χ3n) is 3.00. The van der Waals surface area contributed by atoms with Crippen LogP contribution in [0.3, 0.4) is 0 Å². The van der Waals surface area contributed by atoms with E-state index in [1.807, 2.05) is 0 Å². The third kappa shape index (κ3) is 3.60. The summed E-state index contributed by atoms with van der Waals surface area (Å²) in [5.41, 5.74) is 0.584. The van der Waals surface area contributed by atoms with Crippen LogP contribution in [0.2, 0.25) is 0 Å². The van der Waals surface area contributed by atoms with Gasteiger partial charge in [-0.3, -0.25) is 4.79 Å². The molecule has 0 aliphatic carbocycles.